The van der Waals surface area contributed by atoms with Crippen LogP contribution in [0.15, 0.2) is 154 Å². The number of allylic oxidation sites excluding steroid dienone is 2. The third-order valence-electron chi connectivity index (χ3n) is 13.5. The average Bonchev–Trinajstić information content (AvgIpc) is 1.09. The predicted octanol–water partition coefficient (Wildman–Crippen LogP) is 5.55. The van der Waals surface area contributed by atoms with Crippen molar-refractivity contribution < 1.29 is 86.4 Å². The molecule has 0 aromatic heterocycles. The molecule has 2 aliphatic heterocycles. The van der Waals surface area contributed by atoms with Gasteiger partial charge in [0, 0.05) is 68.4 Å². The Balaban J connectivity index is 1.10. The Labute approximate surface area is 494 Å². The van der Waals surface area contributed by atoms with E-state index in [0.717, 1.165) is 7.11 Å². The lowest BCUT2D eigenvalue weighted by Crippen LogP contribution is -2.42. The number of carboxylic acids is 1. The highest BCUT2D eigenvalue weighted by atomic mass is 16.6. The summed E-state index contributed by atoms with van der Waals surface area (Å²) < 4.78 is 50.6. The molecule has 0 saturated carbocycles. The van der Waals surface area contributed by atoms with E-state index in [2.05, 4.69) is 16.0 Å². The molecule has 4 N–H and O–H groups in total. The number of methoxy groups -OCH3 is 2. The second-order valence-electron chi connectivity index (χ2n) is 19.1. The van der Waals surface area contributed by atoms with Gasteiger partial charge in [0.15, 0.2) is 0 Å². The highest BCUT2D eigenvalue weighted by Gasteiger charge is 2.42. The van der Waals surface area contributed by atoms with Crippen molar-refractivity contribution >= 4 is 47.2 Å². The minimum absolute atomic E-state index is 0.00262. The Kier molecular flexibility index (Phi) is 24.8. The van der Waals surface area contributed by atoms with Gasteiger partial charge in [-0.25, -0.2) is 28.8 Å². The molecule has 0 aliphatic carbocycles. The molecule has 0 amide bonds. The lowest BCUT2D eigenvalue weighted by molar-refractivity contribution is -0.385. The van der Waals surface area contributed by atoms with Crippen LogP contribution in [0.3, 0.4) is 0 Å². The van der Waals surface area contributed by atoms with E-state index in [1.54, 1.807) is 99.3 Å². The van der Waals surface area contributed by atoms with Gasteiger partial charge in [0.2, 0.25) is 0 Å². The number of esters is 5. The number of carboxylic acid groups (broad SMARTS) is 1. The van der Waals surface area contributed by atoms with Gasteiger partial charge in [-0.3, -0.25) is 20.2 Å². The van der Waals surface area contributed by atoms with Crippen LogP contribution in [0.4, 0.5) is 11.4 Å². The number of non-ortho nitro benzene ring substituents is 2. The molecular weight excluding hydrogens is 1120 g/mol. The summed E-state index contributed by atoms with van der Waals surface area (Å²) >= 11 is 0. The van der Waals surface area contributed by atoms with Crippen LogP contribution in [0.25, 0.3) is 0 Å². The molecule has 0 radical (unpaired) electrons. The molecule has 6 rings (SSSR count). The molecule has 4 aromatic carbocycles. The number of rotatable bonds is 32. The first-order valence-corrected chi connectivity index (χ1v) is 27.2. The largest absolute Gasteiger partial charge is 0.490 e. The van der Waals surface area contributed by atoms with Gasteiger partial charge in [0.25, 0.3) is 11.4 Å². The van der Waals surface area contributed by atoms with Gasteiger partial charge < -0.3 is 68.6 Å². The van der Waals surface area contributed by atoms with Crippen LogP contribution in [0.2, 0.25) is 0 Å². The fourth-order valence-corrected chi connectivity index (χ4v) is 9.60. The molecule has 4 aromatic rings. The van der Waals surface area contributed by atoms with Crippen molar-refractivity contribution in [3.63, 3.8) is 0 Å². The number of hydrogen-bond donors (Lipinski definition) is 4. The Morgan fingerprint density at radius 2 is 1.10 bits per heavy atom. The van der Waals surface area contributed by atoms with Crippen molar-refractivity contribution in [2.45, 2.75) is 51.7 Å². The molecule has 0 bridgehead atoms. The highest BCUT2D eigenvalue weighted by molar-refractivity contribution is 6.29. The summed E-state index contributed by atoms with van der Waals surface area (Å²) in [6.45, 7) is 6.03. The fraction of sp³-hybridized carbons (Fsp3) is 0.367. The van der Waals surface area contributed by atoms with Crippen molar-refractivity contribution in [2.24, 2.45) is 0 Å². The number of nitro benzene ring substituents is 2. The van der Waals surface area contributed by atoms with Crippen LogP contribution in [0.1, 0.15) is 50.7 Å². The molecule has 0 fully saturated rings. The zero-order valence-corrected chi connectivity index (χ0v) is 48.2. The SMILES string of the molecule is CCOC(=O)C1=C(COCCNCC(COc2ccccc2)OC(=O)C(=O)OC(CNCCOCC2=C(C(=O)O)C(c3cccc([N+](=O)[O-])c3)C(C(=O)OC)=C(C)N2CC)COc2ccccc2)NC(C)=C(C(=O)OC)C1c1cccc([N+](=O)[O-])c1. The summed E-state index contributed by atoms with van der Waals surface area (Å²) in [4.78, 5) is 104. The quantitative estimate of drug-likeness (QED) is 0.0116. The Morgan fingerprint density at radius 1 is 0.628 bits per heavy atom. The number of carbonyl (C=O) groups is 6. The first-order chi connectivity index (χ1) is 41.4. The van der Waals surface area contributed by atoms with Gasteiger partial charge in [0.1, 0.15) is 36.9 Å². The van der Waals surface area contributed by atoms with Gasteiger partial charge in [-0.15, -0.1) is 0 Å². The van der Waals surface area contributed by atoms with Crippen molar-refractivity contribution in [1.29, 1.82) is 0 Å². The van der Waals surface area contributed by atoms with Gasteiger partial charge in [-0.1, -0.05) is 60.7 Å². The van der Waals surface area contributed by atoms with Crippen LogP contribution >= 0.6 is 0 Å². The maximum atomic E-state index is 13.7. The van der Waals surface area contributed by atoms with Crippen LogP contribution in [-0.2, 0) is 61.9 Å². The van der Waals surface area contributed by atoms with E-state index in [9.17, 15) is 54.1 Å². The molecule has 2 heterocycles. The van der Waals surface area contributed by atoms with E-state index < -0.39 is 69.7 Å². The van der Waals surface area contributed by atoms with E-state index in [1.807, 2.05) is 0 Å². The highest BCUT2D eigenvalue weighted by Crippen LogP contribution is 2.44. The number of nitro groups is 2. The van der Waals surface area contributed by atoms with Crippen LogP contribution < -0.4 is 25.4 Å². The zero-order valence-electron chi connectivity index (χ0n) is 48.2. The normalized spacial score (nSPS) is 15.7. The van der Waals surface area contributed by atoms with E-state index in [1.165, 1.54) is 49.6 Å². The lowest BCUT2D eigenvalue weighted by Gasteiger charge is -2.38. The van der Waals surface area contributed by atoms with E-state index >= 15 is 0 Å². The Hall–Kier alpha value is -9.50. The molecule has 4 atom stereocenters. The molecular formula is C60H68N6O20. The fourth-order valence-electron chi connectivity index (χ4n) is 9.60. The van der Waals surface area contributed by atoms with Gasteiger partial charge in [-0.2, -0.15) is 0 Å². The Bertz CT molecular complexity index is 3220. The van der Waals surface area contributed by atoms with Crippen LogP contribution in [0.5, 0.6) is 11.5 Å². The topological polar surface area (TPSA) is 331 Å². The third kappa shape index (κ3) is 17.5. The zero-order chi connectivity index (χ0) is 62.3. The molecule has 4 unspecified atom stereocenters. The van der Waals surface area contributed by atoms with Crippen molar-refractivity contribution in [3.05, 3.63) is 186 Å². The summed E-state index contributed by atoms with van der Waals surface area (Å²) in [7, 11) is 2.33. The molecule has 0 saturated heterocycles. The van der Waals surface area contributed by atoms with Gasteiger partial charge in [0.05, 0.1) is 103 Å². The summed E-state index contributed by atoms with van der Waals surface area (Å²) in [6, 6.07) is 28.2. The number of benzene rings is 4. The van der Waals surface area contributed by atoms with E-state index in [4.69, 9.17) is 42.6 Å². The summed E-state index contributed by atoms with van der Waals surface area (Å²) in [5.74, 6) is -7.92. The molecule has 86 heavy (non-hydrogen) atoms. The van der Waals surface area contributed by atoms with E-state index in [-0.39, 0.29) is 135 Å². The Morgan fingerprint density at radius 3 is 1.56 bits per heavy atom. The lowest BCUT2D eigenvalue weighted by atomic mass is 9.79. The predicted molar refractivity (Wildman–Crippen MR) is 306 cm³/mol. The molecule has 0 spiro atoms. The average molecular weight is 1190 g/mol. The van der Waals surface area contributed by atoms with E-state index in [0.29, 0.717) is 22.9 Å². The van der Waals surface area contributed by atoms with Crippen molar-refractivity contribution in [3.8, 4) is 11.5 Å². The van der Waals surface area contributed by atoms with Crippen molar-refractivity contribution in [1.82, 2.24) is 20.9 Å². The second kappa shape index (κ2) is 32.5. The number of nitrogens with zero attached hydrogens (tertiary/aromatic N) is 3. The summed E-state index contributed by atoms with van der Waals surface area (Å²) in [5.41, 5.74) is 0.787. The number of aliphatic carboxylic acids is 1. The maximum absolute atomic E-state index is 13.7. The number of hydrogen-bond acceptors (Lipinski definition) is 23. The molecule has 26 heteroatoms. The number of likely N-dealkylation sites (N-methyl/N-ethyl adjacent to an activating group) is 1. The minimum atomic E-state index is -1.38. The second-order valence-corrected chi connectivity index (χ2v) is 19.1. The first-order valence-electron chi connectivity index (χ1n) is 27.2. The van der Waals surface area contributed by atoms with Gasteiger partial charge >= 0.3 is 35.8 Å². The minimum Gasteiger partial charge on any atom is -0.490 e. The maximum Gasteiger partial charge on any atom is 0.417 e. The standard InChI is InChI=1S/C60H68N6O20/c1-7-64-38(4)50(57(70)79-6)52(40-18-16-20-42(30-40)66(76)77)54(55(67)68)48(64)36-81-28-26-62-32-46(34-84-44-23-13-10-14-24-44)86-60(73)59(72)85-45(33-83-43-21-11-9-12-22-43)31-61-25-27-80-35-47-53(58(71)82-8-2)51(49(37(3)63-47)56(69)78-5)39-17-15-19-41(29-39)65(74)75/h9-24,29-30,45-46,51-52,61-63H,7-8,25-28,31-36H2,1-6H3,(H,67,68). The smallest absolute Gasteiger partial charge is 0.417 e. The molecule has 2 aliphatic rings. The number of ether oxygens (including phenoxy) is 9. The molecule has 458 valence electrons. The van der Waals surface area contributed by atoms with Crippen molar-refractivity contribution in [2.75, 3.05) is 93.2 Å². The third-order valence-corrected chi connectivity index (χ3v) is 13.5. The first kappa shape index (κ1) is 65.7. The summed E-state index contributed by atoms with van der Waals surface area (Å²) in [5, 5.41) is 43.5. The summed E-state index contributed by atoms with van der Waals surface area (Å²) in [6.07, 6.45) is -2.15. The number of nitrogens with one attached hydrogen (secondary N) is 3. The monoisotopic (exact) mass is 1190 g/mol. The van der Waals surface area contributed by atoms with Crippen LogP contribution in [-0.4, -0.2) is 161 Å². The number of para-hydroxylation sites is 2. The number of dihydropyridines is 1. The number of carbonyl (C=O) groups excluding carboxylic acids is 5. The van der Waals surface area contributed by atoms with Gasteiger partial charge in [-0.05, 0) is 63.1 Å². The molecule has 26 nitrogen and oxygen atoms in total. The van der Waals surface area contributed by atoms with Crippen LogP contribution in [0, 0.1) is 20.2 Å².